The molecule has 0 spiro atoms. The molecule has 31 heavy (non-hydrogen) atoms. The number of hydrogen-bond donors (Lipinski definition) is 1. The van der Waals surface area contributed by atoms with Gasteiger partial charge in [-0.25, -0.2) is 0 Å². The fourth-order valence-corrected chi connectivity index (χ4v) is 6.69. The van der Waals surface area contributed by atoms with Crippen LogP contribution in [0.4, 0.5) is 0 Å². The first-order chi connectivity index (χ1) is 15.3. The van der Waals surface area contributed by atoms with Gasteiger partial charge in [0.2, 0.25) is 0 Å². The summed E-state index contributed by atoms with van der Waals surface area (Å²) in [4.78, 5) is 3.66. The maximum Gasteiger partial charge on any atom is 0.0485 e. The minimum Gasteiger partial charge on any atom is -0.354 e. The van der Waals surface area contributed by atoms with Crippen LogP contribution in [0, 0.1) is 0 Å². The molecule has 7 aromatic rings. The highest BCUT2D eigenvalue weighted by Crippen LogP contribution is 2.48. The van der Waals surface area contributed by atoms with Crippen molar-refractivity contribution in [2.24, 2.45) is 0 Å². The molecule has 0 aliphatic heterocycles. The summed E-state index contributed by atoms with van der Waals surface area (Å²) in [5.74, 6) is 0. The molecule has 1 nitrogen and oxygen atoms in total. The zero-order valence-electron chi connectivity index (χ0n) is 17.1. The number of H-pyrrole nitrogens is 1. The number of nitrogens with one attached hydrogen (secondary N) is 1. The van der Waals surface area contributed by atoms with E-state index in [9.17, 15) is 0 Å². The van der Waals surface area contributed by atoms with E-state index in [1.54, 1.807) is 0 Å². The molecule has 7 rings (SSSR count). The molecule has 2 heteroatoms. The second-order valence-electron chi connectivity index (χ2n) is 8.16. The average Bonchev–Trinajstić information content (AvgIpc) is 3.38. The first-order valence-electron chi connectivity index (χ1n) is 10.7. The first-order valence-corrected chi connectivity index (χ1v) is 11.5. The molecule has 0 unspecified atom stereocenters. The summed E-state index contributed by atoms with van der Waals surface area (Å²) < 4.78 is 2.76. The van der Waals surface area contributed by atoms with Crippen LogP contribution in [0.25, 0.3) is 69.6 Å². The predicted molar refractivity (Wildman–Crippen MR) is 138 cm³/mol. The van der Waals surface area contributed by atoms with Gasteiger partial charge in [0.25, 0.3) is 0 Å². The van der Waals surface area contributed by atoms with Gasteiger partial charge in [-0.05, 0) is 40.8 Å². The van der Waals surface area contributed by atoms with Crippen molar-refractivity contribution in [1.29, 1.82) is 0 Å². The van der Waals surface area contributed by atoms with E-state index in [1.165, 1.54) is 69.1 Å². The van der Waals surface area contributed by atoms with E-state index in [2.05, 4.69) is 103 Å². The molecule has 5 aromatic carbocycles. The van der Waals surface area contributed by atoms with E-state index < -0.39 is 0 Å². The zero-order valence-corrected chi connectivity index (χ0v) is 17.9. The van der Waals surface area contributed by atoms with Crippen molar-refractivity contribution < 1.29 is 0 Å². The number of benzene rings is 5. The van der Waals surface area contributed by atoms with Gasteiger partial charge in [-0.2, -0.15) is 0 Å². The summed E-state index contributed by atoms with van der Waals surface area (Å²) in [6, 6.07) is 28.7. The molecule has 0 bridgehead atoms. The lowest BCUT2D eigenvalue weighted by Gasteiger charge is -2.08. The van der Waals surface area contributed by atoms with Crippen molar-refractivity contribution in [1.82, 2.24) is 4.98 Å². The van der Waals surface area contributed by atoms with Gasteiger partial charge in [-0.3, -0.25) is 0 Å². The normalized spacial score (nSPS) is 12.5. The maximum atomic E-state index is 3.66. The fraction of sp³-hybridized carbons (Fsp3) is 0.0345. The van der Waals surface area contributed by atoms with Crippen molar-refractivity contribution in [2.75, 3.05) is 0 Å². The van der Waals surface area contributed by atoms with Gasteiger partial charge in [0, 0.05) is 47.4 Å². The van der Waals surface area contributed by atoms with E-state index in [0.717, 1.165) is 0 Å². The molecule has 0 aliphatic rings. The standard InChI is InChI=1S/C29H19NS/c1-2-9-17-16-24-26(22-14-7-8-15-23(22)30-24)29-25(17)27-20-12-5-3-10-18(20)19-11-4-6-13-21(19)28(27)31-29/h2-16,30H,1H3/b9-2+. The lowest BCUT2D eigenvalue weighted by Crippen LogP contribution is -1.82. The number of allylic oxidation sites excluding steroid dienone is 1. The molecule has 0 atom stereocenters. The van der Waals surface area contributed by atoms with E-state index >= 15 is 0 Å². The van der Waals surface area contributed by atoms with E-state index in [4.69, 9.17) is 0 Å². The Morgan fingerprint density at radius 3 is 2.03 bits per heavy atom. The van der Waals surface area contributed by atoms with Crippen molar-refractivity contribution in [2.45, 2.75) is 6.92 Å². The Morgan fingerprint density at radius 1 is 0.613 bits per heavy atom. The van der Waals surface area contributed by atoms with Crippen LogP contribution in [0.15, 0.2) is 84.9 Å². The van der Waals surface area contributed by atoms with Gasteiger partial charge >= 0.3 is 0 Å². The Hall–Kier alpha value is -3.62. The van der Waals surface area contributed by atoms with Crippen LogP contribution < -0.4 is 0 Å². The van der Waals surface area contributed by atoms with Gasteiger partial charge in [-0.1, -0.05) is 78.9 Å². The zero-order chi connectivity index (χ0) is 20.5. The lowest BCUT2D eigenvalue weighted by molar-refractivity contribution is 1.55. The quantitative estimate of drug-likeness (QED) is 0.258. The molecule has 2 heterocycles. The predicted octanol–water partition coefficient (Wildman–Crippen LogP) is 9.03. The van der Waals surface area contributed by atoms with Gasteiger partial charge in [0.05, 0.1) is 0 Å². The highest BCUT2D eigenvalue weighted by molar-refractivity contribution is 7.28. The summed E-state index contributed by atoms with van der Waals surface area (Å²) >= 11 is 1.94. The Morgan fingerprint density at radius 2 is 1.26 bits per heavy atom. The number of hydrogen-bond acceptors (Lipinski definition) is 1. The van der Waals surface area contributed by atoms with Gasteiger partial charge < -0.3 is 4.98 Å². The monoisotopic (exact) mass is 413 g/mol. The topological polar surface area (TPSA) is 15.8 Å². The Kier molecular flexibility index (Phi) is 3.42. The third-order valence-electron chi connectivity index (χ3n) is 6.46. The maximum absolute atomic E-state index is 3.66. The van der Waals surface area contributed by atoms with Crippen LogP contribution in [0.3, 0.4) is 0 Å². The SMILES string of the molecule is C/C=C/c1cc2[nH]c3ccccc3c2c2sc3c4ccccc4c4ccccc4c3c12. The Labute approximate surface area is 183 Å². The molecular weight excluding hydrogens is 394 g/mol. The first kappa shape index (κ1) is 17.1. The minimum absolute atomic E-state index is 1.20. The molecule has 0 aliphatic carbocycles. The molecule has 2 aromatic heterocycles. The Bertz CT molecular complexity index is 1850. The summed E-state index contributed by atoms with van der Waals surface area (Å²) in [6.07, 6.45) is 4.40. The number of thiophene rings is 1. The highest BCUT2D eigenvalue weighted by atomic mass is 32.1. The number of rotatable bonds is 1. The van der Waals surface area contributed by atoms with Gasteiger partial charge in [0.1, 0.15) is 0 Å². The molecular formula is C29H19NS. The largest absolute Gasteiger partial charge is 0.354 e. The molecule has 0 fully saturated rings. The van der Waals surface area contributed by atoms with Crippen LogP contribution >= 0.6 is 11.3 Å². The third-order valence-corrected chi connectivity index (χ3v) is 7.70. The lowest BCUT2D eigenvalue weighted by atomic mass is 9.94. The molecule has 0 saturated carbocycles. The second-order valence-corrected chi connectivity index (χ2v) is 9.18. The number of aromatic amines is 1. The van der Waals surface area contributed by atoms with Gasteiger partial charge in [-0.15, -0.1) is 11.3 Å². The van der Waals surface area contributed by atoms with E-state index in [-0.39, 0.29) is 0 Å². The minimum atomic E-state index is 1.20. The van der Waals surface area contributed by atoms with E-state index in [0.29, 0.717) is 0 Å². The number of aromatic nitrogens is 1. The smallest absolute Gasteiger partial charge is 0.0485 e. The van der Waals surface area contributed by atoms with Crippen LogP contribution in [0.2, 0.25) is 0 Å². The summed E-state index contributed by atoms with van der Waals surface area (Å²) in [5.41, 5.74) is 3.69. The van der Waals surface area contributed by atoms with E-state index in [1.807, 2.05) is 11.3 Å². The molecule has 1 N–H and O–H groups in total. The molecule has 146 valence electrons. The molecule has 0 saturated heterocycles. The summed E-state index contributed by atoms with van der Waals surface area (Å²) in [6.45, 7) is 2.10. The average molecular weight is 414 g/mol. The van der Waals surface area contributed by atoms with Crippen molar-refractivity contribution in [3.05, 3.63) is 90.5 Å². The van der Waals surface area contributed by atoms with Crippen molar-refractivity contribution in [3.8, 4) is 0 Å². The Balaban J connectivity index is 1.87. The van der Waals surface area contributed by atoms with Crippen molar-refractivity contribution >= 4 is 80.9 Å². The van der Waals surface area contributed by atoms with Crippen LogP contribution in [-0.2, 0) is 0 Å². The second kappa shape index (κ2) is 6.19. The van der Waals surface area contributed by atoms with Crippen LogP contribution in [0.5, 0.6) is 0 Å². The fourth-order valence-electron chi connectivity index (χ4n) is 5.24. The van der Waals surface area contributed by atoms with Gasteiger partial charge in [0.15, 0.2) is 0 Å². The molecule has 0 amide bonds. The van der Waals surface area contributed by atoms with Crippen LogP contribution in [-0.4, -0.2) is 4.98 Å². The summed E-state index contributed by atoms with van der Waals surface area (Å²) in [7, 11) is 0. The van der Waals surface area contributed by atoms with Crippen molar-refractivity contribution in [3.63, 3.8) is 0 Å². The number of fused-ring (bicyclic) bond motifs is 12. The van der Waals surface area contributed by atoms with Crippen LogP contribution in [0.1, 0.15) is 12.5 Å². The third kappa shape index (κ3) is 2.20. The number of para-hydroxylation sites is 1. The molecule has 0 radical (unpaired) electrons. The highest BCUT2D eigenvalue weighted by Gasteiger charge is 2.19. The summed E-state index contributed by atoms with van der Waals surface area (Å²) in [5, 5.41) is 10.7.